The molecule has 1 fully saturated rings. The lowest BCUT2D eigenvalue weighted by molar-refractivity contribution is -0.149. The van der Waals surface area contributed by atoms with Crippen molar-refractivity contribution in [2.24, 2.45) is 5.92 Å². The zero-order chi connectivity index (χ0) is 28.6. The molecule has 0 aromatic heterocycles. The minimum absolute atomic E-state index is 0.154. The average molecular weight is 562 g/mol. The lowest BCUT2D eigenvalue weighted by atomic mass is 9.78. The molecule has 0 radical (unpaired) electrons. The number of carbonyl (C=O) groups is 1. The fourth-order valence-electron chi connectivity index (χ4n) is 5.76. The number of carbonyl (C=O) groups excluding carboxylic acids is 1. The highest BCUT2D eigenvalue weighted by Crippen LogP contribution is 2.51. The number of nitrogens with one attached hydrogen (secondary N) is 2. The van der Waals surface area contributed by atoms with Crippen LogP contribution in [0.3, 0.4) is 0 Å². The number of amides is 1. The maximum Gasteiger partial charge on any atom is 0.236 e. The van der Waals surface area contributed by atoms with Crippen molar-refractivity contribution in [1.82, 2.24) is 10.2 Å². The van der Waals surface area contributed by atoms with E-state index in [-0.39, 0.29) is 5.91 Å². The number of anilines is 1. The van der Waals surface area contributed by atoms with E-state index in [0.717, 1.165) is 27.9 Å². The van der Waals surface area contributed by atoms with Crippen LogP contribution in [0.15, 0.2) is 54.6 Å². The van der Waals surface area contributed by atoms with Gasteiger partial charge in [0.15, 0.2) is 33.8 Å². The average Bonchev–Trinajstić information content (AvgIpc) is 2.93. The molecule has 0 aliphatic carbocycles. The first-order valence-electron chi connectivity index (χ1n) is 13.2. The lowest BCUT2D eigenvalue weighted by Gasteiger charge is -2.56. The molecule has 2 aliphatic rings. The molecule has 0 spiro atoms. The Morgan fingerprint density at radius 2 is 1.77 bits per heavy atom. The van der Waals surface area contributed by atoms with E-state index in [0.29, 0.717) is 41.1 Å². The molecular formula is C31H35N3O5S. The van der Waals surface area contributed by atoms with Crippen molar-refractivity contribution in [3.8, 4) is 23.0 Å². The van der Waals surface area contributed by atoms with Crippen LogP contribution in [0.4, 0.5) is 5.69 Å². The smallest absolute Gasteiger partial charge is 0.236 e. The van der Waals surface area contributed by atoms with E-state index < -0.39 is 17.7 Å². The maximum absolute atomic E-state index is 14.1. The van der Waals surface area contributed by atoms with Crippen LogP contribution >= 0.6 is 12.2 Å². The summed E-state index contributed by atoms with van der Waals surface area (Å²) >= 11 is 5.88. The van der Waals surface area contributed by atoms with Gasteiger partial charge in [0.2, 0.25) is 5.91 Å². The fourth-order valence-corrected chi connectivity index (χ4v) is 6.16. The number of para-hydroxylation sites is 1. The first-order valence-corrected chi connectivity index (χ1v) is 13.6. The Bertz CT molecular complexity index is 1460. The van der Waals surface area contributed by atoms with E-state index in [4.69, 9.17) is 31.2 Å². The molecule has 40 heavy (non-hydrogen) atoms. The van der Waals surface area contributed by atoms with Gasteiger partial charge >= 0.3 is 0 Å². The summed E-state index contributed by atoms with van der Waals surface area (Å²) in [7, 11) is 4.84. The Kier molecular flexibility index (Phi) is 7.51. The summed E-state index contributed by atoms with van der Waals surface area (Å²) < 4.78 is 23.3. The second-order valence-electron chi connectivity index (χ2n) is 10.3. The monoisotopic (exact) mass is 561 g/mol. The number of benzene rings is 3. The first kappa shape index (κ1) is 27.6. The summed E-state index contributed by atoms with van der Waals surface area (Å²) in [5.41, 5.74) is 3.68. The van der Waals surface area contributed by atoms with Gasteiger partial charge in [-0.1, -0.05) is 35.9 Å². The molecule has 210 valence electrons. The normalized spacial score (nSPS) is 21.1. The van der Waals surface area contributed by atoms with Crippen molar-refractivity contribution >= 4 is 28.9 Å². The van der Waals surface area contributed by atoms with E-state index in [1.807, 2.05) is 74.2 Å². The number of ether oxygens (including phenoxy) is 4. The highest BCUT2D eigenvalue weighted by molar-refractivity contribution is 7.80. The molecule has 2 N–H and O–H groups in total. The van der Waals surface area contributed by atoms with Gasteiger partial charge in [0.1, 0.15) is 5.92 Å². The third-order valence-corrected chi connectivity index (χ3v) is 8.18. The SMILES string of the molecule is COc1ccc(CCN2C(=S)N[C@@H]3c4cccc(OC)c4O[C@]2(C)[C@@H]3C(=O)Nc2ccc(C)cc2C)cc1OC. The van der Waals surface area contributed by atoms with Crippen LogP contribution in [0.2, 0.25) is 0 Å². The minimum atomic E-state index is -1.09. The zero-order valence-corrected chi connectivity index (χ0v) is 24.5. The van der Waals surface area contributed by atoms with Crippen molar-refractivity contribution in [3.63, 3.8) is 0 Å². The van der Waals surface area contributed by atoms with Crippen molar-refractivity contribution in [2.45, 2.75) is 39.0 Å². The molecule has 1 amide bonds. The summed E-state index contributed by atoms with van der Waals surface area (Å²) in [6, 6.07) is 17.1. The molecule has 0 saturated carbocycles. The van der Waals surface area contributed by atoms with Crippen molar-refractivity contribution < 1.29 is 23.7 Å². The molecule has 3 aromatic carbocycles. The van der Waals surface area contributed by atoms with Gasteiger partial charge in [-0.2, -0.15) is 0 Å². The summed E-state index contributed by atoms with van der Waals surface area (Å²) in [5.74, 6) is 1.77. The molecule has 2 heterocycles. The van der Waals surface area contributed by atoms with Gasteiger partial charge in [0.05, 0.1) is 27.4 Å². The van der Waals surface area contributed by atoms with E-state index in [2.05, 4.69) is 16.7 Å². The summed E-state index contributed by atoms with van der Waals surface area (Å²) in [6.07, 6.45) is 0.635. The van der Waals surface area contributed by atoms with Gasteiger partial charge in [-0.05, 0) is 74.8 Å². The number of nitrogens with zero attached hydrogens (tertiary/aromatic N) is 1. The largest absolute Gasteiger partial charge is 0.493 e. The topological polar surface area (TPSA) is 81.3 Å². The predicted molar refractivity (Wildman–Crippen MR) is 158 cm³/mol. The van der Waals surface area contributed by atoms with Crippen LogP contribution in [-0.4, -0.2) is 49.5 Å². The maximum atomic E-state index is 14.1. The Balaban J connectivity index is 1.52. The molecule has 3 aromatic rings. The van der Waals surface area contributed by atoms with Gasteiger partial charge < -0.3 is 34.5 Å². The van der Waals surface area contributed by atoms with Crippen molar-refractivity contribution in [2.75, 3.05) is 33.2 Å². The molecule has 2 aliphatic heterocycles. The van der Waals surface area contributed by atoms with Crippen LogP contribution in [0, 0.1) is 19.8 Å². The number of fused-ring (bicyclic) bond motifs is 4. The minimum Gasteiger partial charge on any atom is -0.493 e. The molecular weight excluding hydrogens is 526 g/mol. The Labute approximate surface area is 240 Å². The highest BCUT2D eigenvalue weighted by atomic mass is 32.1. The van der Waals surface area contributed by atoms with Crippen LogP contribution in [0.25, 0.3) is 0 Å². The van der Waals surface area contributed by atoms with E-state index in [1.165, 1.54) is 0 Å². The number of hydrogen-bond acceptors (Lipinski definition) is 6. The third kappa shape index (κ3) is 4.79. The number of rotatable bonds is 8. The van der Waals surface area contributed by atoms with Gasteiger partial charge in [0, 0.05) is 17.8 Å². The first-order chi connectivity index (χ1) is 19.2. The summed E-state index contributed by atoms with van der Waals surface area (Å²) in [6.45, 7) is 6.46. The molecule has 3 atom stereocenters. The fraction of sp³-hybridized carbons (Fsp3) is 0.355. The van der Waals surface area contributed by atoms with Gasteiger partial charge in [-0.3, -0.25) is 4.79 Å². The predicted octanol–water partition coefficient (Wildman–Crippen LogP) is 5.17. The third-order valence-electron chi connectivity index (χ3n) is 7.84. The molecule has 0 unspecified atom stereocenters. The van der Waals surface area contributed by atoms with Crippen LogP contribution in [0.5, 0.6) is 23.0 Å². The lowest BCUT2D eigenvalue weighted by Crippen LogP contribution is -2.71. The van der Waals surface area contributed by atoms with E-state index in [1.54, 1.807) is 21.3 Å². The Morgan fingerprint density at radius 3 is 2.48 bits per heavy atom. The van der Waals surface area contributed by atoms with Gasteiger partial charge in [-0.15, -0.1) is 0 Å². The van der Waals surface area contributed by atoms with Gasteiger partial charge in [0.25, 0.3) is 0 Å². The quantitative estimate of drug-likeness (QED) is 0.365. The van der Waals surface area contributed by atoms with Crippen LogP contribution in [0.1, 0.15) is 35.2 Å². The number of methoxy groups -OCH3 is 3. The molecule has 9 heteroatoms. The number of aryl methyl sites for hydroxylation is 2. The van der Waals surface area contributed by atoms with Gasteiger partial charge in [-0.25, -0.2) is 0 Å². The Hall–Kier alpha value is -3.98. The standard InChI is InChI=1S/C31H35N3O5S/c1-18-10-12-22(19(2)16-18)32-29(35)26-27-21-8-7-9-24(37-5)28(21)39-31(26,3)34(30(40)33-27)15-14-20-11-13-23(36-4)25(17-20)38-6/h7-13,16-17,26-27H,14-15H2,1-6H3,(H,32,35)(H,33,40)/t26-,27+,31+/m0/s1. The van der Waals surface area contributed by atoms with Crippen molar-refractivity contribution in [3.05, 3.63) is 76.9 Å². The molecule has 5 rings (SSSR count). The number of hydrogen-bond donors (Lipinski definition) is 2. The summed E-state index contributed by atoms with van der Waals surface area (Å²) in [4.78, 5) is 16.1. The van der Waals surface area contributed by atoms with Crippen LogP contribution < -0.4 is 29.6 Å². The number of thiocarbonyl (C=S) groups is 1. The summed E-state index contributed by atoms with van der Waals surface area (Å²) in [5, 5.41) is 7.16. The molecule has 1 saturated heterocycles. The Morgan fingerprint density at radius 1 is 1.02 bits per heavy atom. The van der Waals surface area contributed by atoms with Crippen molar-refractivity contribution in [1.29, 1.82) is 0 Å². The second-order valence-corrected chi connectivity index (χ2v) is 10.7. The zero-order valence-electron chi connectivity index (χ0n) is 23.7. The second kappa shape index (κ2) is 10.9. The van der Waals surface area contributed by atoms with Crippen LogP contribution in [-0.2, 0) is 11.2 Å². The molecule has 8 nitrogen and oxygen atoms in total. The molecule has 2 bridgehead atoms. The highest BCUT2D eigenvalue weighted by Gasteiger charge is 2.59. The van der Waals surface area contributed by atoms with E-state index >= 15 is 0 Å². The van der Waals surface area contributed by atoms with E-state index in [9.17, 15) is 4.79 Å².